The fourth-order valence-corrected chi connectivity index (χ4v) is 4.58. The molecule has 1 unspecified atom stereocenters. The van der Waals surface area contributed by atoms with Crippen molar-refractivity contribution in [2.75, 3.05) is 32.7 Å². The normalized spacial score (nSPS) is 24.9. The van der Waals surface area contributed by atoms with Gasteiger partial charge in [-0.15, -0.1) is 0 Å². The number of benzene rings is 1. The first-order valence-corrected chi connectivity index (χ1v) is 9.56. The monoisotopic (exact) mass is 364 g/mol. The van der Waals surface area contributed by atoms with Gasteiger partial charge in [-0.2, -0.15) is 0 Å². The number of piperidine rings is 1. The van der Waals surface area contributed by atoms with Gasteiger partial charge in [0, 0.05) is 36.6 Å². The van der Waals surface area contributed by atoms with Crippen molar-refractivity contribution in [1.29, 1.82) is 0 Å². The largest absolute Gasteiger partial charge is 0.507 e. The molecule has 5 heteroatoms. The van der Waals surface area contributed by atoms with E-state index in [1.165, 1.54) is 18.9 Å². The molecular formula is C20H29ClN2O2. The van der Waals surface area contributed by atoms with Crippen LogP contribution in [0.5, 0.6) is 5.75 Å². The summed E-state index contributed by atoms with van der Waals surface area (Å²) in [5.41, 5.74) is 0.805. The Morgan fingerprint density at radius 2 is 2.00 bits per heavy atom. The lowest BCUT2D eigenvalue weighted by molar-refractivity contribution is 0.0593. The van der Waals surface area contributed by atoms with E-state index in [1.54, 1.807) is 12.1 Å². The molecule has 4 nitrogen and oxygen atoms in total. The Balaban J connectivity index is 1.70. The summed E-state index contributed by atoms with van der Waals surface area (Å²) in [4.78, 5) is 17.3. The van der Waals surface area contributed by atoms with Crippen LogP contribution in [0.15, 0.2) is 18.2 Å². The number of nitrogens with zero attached hydrogens (tertiary/aromatic N) is 2. The molecule has 2 aliphatic rings. The van der Waals surface area contributed by atoms with E-state index < -0.39 is 0 Å². The van der Waals surface area contributed by atoms with Crippen LogP contribution in [-0.4, -0.2) is 53.5 Å². The maximum absolute atomic E-state index is 12.8. The number of hydrogen-bond acceptors (Lipinski definition) is 3. The number of halogens is 1. The lowest BCUT2D eigenvalue weighted by Crippen LogP contribution is -2.47. The molecule has 0 saturated carbocycles. The highest BCUT2D eigenvalue weighted by atomic mass is 35.5. The first-order valence-electron chi connectivity index (χ1n) is 9.18. The average molecular weight is 365 g/mol. The van der Waals surface area contributed by atoms with Gasteiger partial charge >= 0.3 is 0 Å². The van der Waals surface area contributed by atoms with Crippen molar-refractivity contribution in [2.45, 2.75) is 40.0 Å². The molecule has 1 aromatic rings. The standard InChI is InChI=1S/C20H29ClN2O2/c1-19(2,3)12-22-9-4-7-20(13-22)8-10-23(14-20)18(25)16-11-15(21)5-6-17(16)24/h5-6,11,24H,4,7-10,12-14H2,1-3H3. The van der Waals surface area contributed by atoms with Gasteiger partial charge in [-0.05, 0) is 49.4 Å². The molecule has 2 fully saturated rings. The van der Waals surface area contributed by atoms with Gasteiger partial charge in [0.15, 0.2) is 0 Å². The summed E-state index contributed by atoms with van der Waals surface area (Å²) >= 11 is 6.00. The van der Waals surface area contributed by atoms with Crippen LogP contribution in [0.1, 0.15) is 50.4 Å². The first-order chi connectivity index (χ1) is 11.7. The summed E-state index contributed by atoms with van der Waals surface area (Å²) < 4.78 is 0. The van der Waals surface area contributed by atoms with Crippen LogP contribution in [-0.2, 0) is 0 Å². The van der Waals surface area contributed by atoms with Gasteiger partial charge in [0.25, 0.3) is 5.91 Å². The van der Waals surface area contributed by atoms with Gasteiger partial charge in [-0.3, -0.25) is 4.79 Å². The van der Waals surface area contributed by atoms with Gasteiger partial charge in [-0.25, -0.2) is 0 Å². The molecule has 2 saturated heterocycles. The van der Waals surface area contributed by atoms with Crippen LogP contribution in [0.2, 0.25) is 5.02 Å². The summed E-state index contributed by atoms with van der Waals surface area (Å²) in [6.07, 6.45) is 3.42. The molecule has 0 aromatic heterocycles. The van der Waals surface area contributed by atoms with E-state index in [1.807, 2.05) is 4.90 Å². The zero-order valence-electron chi connectivity index (χ0n) is 15.5. The van der Waals surface area contributed by atoms with E-state index >= 15 is 0 Å². The Bertz CT molecular complexity index is 656. The van der Waals surface area contributed by atoms with Crippen LogP contribution in [0.4, 0.5) is 0 Å². The quantitative estimate of drug-likeness (QED) is 0.861. The van der Waals surface area contributed by atoms with Gasteiger partial charge in [0.2, 0.25) is 0 Å². The summed E-state index contributed by atoms with van der Waals surface area (Å²) in [6, 6.07) is 4.66. The van der Waals surface area contributed by atoms with Crippen molar-refractivity contribution in [3.8, 4) is 5.75 Å². The van der Waals surface area contributed by atoms with E-state index in [0.717, 1.165) is 39.1 Å². The van der Waals surface area contributed by atoms with Crippen LogP contribution in [0.25, 0.3) is 0 Å². The van der Waals surface area contributed by atoms with Crippen molar-refractivity contribution in [3.05, 3.63) is 28.8 Å². The van der Waals surface area contributed by atoms with Gasteiger partial charge in [0.05, 0.1) is 5.56 Å². The number of phenolic OH excluding ortho intramolecular Hbond substituents is 1. The molecule has 25 heavy (non-hydrogen) atoms. The highest BCUT2D eigenvalue weighted by molar-refractivity contribution is 6.31. The smallest absolute Gasteiger partial charge is 0.257 e. The third-order valence-electron chi connectivity index (χ3n) is 5.35. The maximum atomic E-state index is 12.8. The lowest BCUT2D eigenvalue weighted by atomic mass is 9.78. The molecule has 138 valence electrons. The van der Waals surface area contributed by atoms with E-state index in [0.29, 0.717) is 16.0 Å². The fraction of sp³-hybridized carbons (Fsp3) is 0.650. The Hall–Kier alpha value is -1.26. The fourth-order valence-electron chi connectivity index (χ4n) is 4.41. The van der Waals surface area contributed by atoms with Crippen LogP contribution >= 0.6 is 11.6 Å². The second-order valence-corrected chi connectivity index (χ2v) is 9.45. The van der Waals surface area contributed by atoms with Crippen molar-refractivity contribution >= 4 is 17.5 Å². The number of amides is 1. The molecule has 0 radical (unpaired) electrons. The molecule has 3 rings (SSSR count). The zero-order chi connectivity index (χ0) is 18.2. The van der Waals surface area contributed by atoms with Crippen molar-refractivity contribution in [3.63, 3.8) is 0 Å². The third-order valence-corrected chi connectivity index (χ3v) is 5.59. The molecule has 2 heterocycles. The van der Waals surface area contributed by atoms with Crippen LogP contribution < -0.4 is 0 Å². The number of carbonyl (C=O) groups excluding carboxylic acids is 1. The van der Waals surface area contributed by atoms with Crippen molar-refractivity contribution < 1.29 is 9.90 Å². The number of phenols is 1. The van der Waals surface area contributed by atoms with E-state index in [2.05, 4.69) is 25.7 Å². The Morgan fingerprint density at radius 1 is 1.24 bits per heavy atom. The first kappa shape index (κ1) is 18.5. The third kappa shape index (κ3) is 4.29. The average Bonchev–Trinajstić information content (AvgIpc) is 2.91. The second-order valence-electron chi connectivity index (χ2n) is 9.01. The molecule has 1 spiro atoms. The highest BCUT2D eigenvalue weighted by Gasteiger charge is 2.43. The highest BCUT2D eigenvalue weighted by Crippen LogP contribution is 2.40. The Kier molecular flexibility index (Phi) is 5.04. The molecule has 1 N–H and O–H groups in total. The molecule has 1 amide bonds. The van der Waals surface area contributed by atoms with Gasteiger partial charge in [-0.1, -0.05) is 32.4 Å². The topological polar surface area (TPSA) is 43.8 Å². The molecule has 1 aromatic carbocycles. The van der Waals surface area contributed by atoms with E-state index in [9.17, 15) is 9.90 Å². The number of likely N-dealkylation sites (tertiary alicyclic amines) is 2. The Labute approximate surface area is 155 Å². The SMILES string of the molecule is CC(C)(C)CN1CCCC2(CCN(C(=O)c3cc(Cl)ccc3O)C2)C1. The predicted molar refractivity (Wildman–Crippen MR) is 101 cm³/mol. The maximum Gasteiger partial charge on any atom is 0.257 e. The number of rotatable bonds is 2. The number of hydrogen-bond donors (Lipinski definition) is 1. The minimum absolute atomic E-state index is 0.00773. The summed E-state index contributed by atoms with van der Waals surface area (Å²) in [6.45, 7) is 11.7. The summed E-state index contributed by atoms with van der Waals surface area (Å²) in [5.74, 6) is -0.0989. The van der Waals surface area contributed by atoms with Crippen LogP contribution in [0, 0.1) is 10.8 Å². The van der Waals surface area contributed by atoms with Crippen LogP contribution in [0.3, 0.4) is 0 Å². The molecule has 0 bridgehead atoms. The second kappa shape index (κ2) is 6.81. The molecule has 1 atom stereocenters. The zero-order valence-corrected chi connectivity index (χ0v) is 16.3. The number of aromatic hydroxyl groups is 1. The number of carbonyl (C=O) groups is 1. The van der Waals surface area contributed by atoms with Gasteiger partial charge < -0.3 is 14.9 Å². The minimum atomic E-state index is -0.107. The van der Waals surface area contributed by atoms with E-state index in [-0.39, 0.29) is 17.1 Å². The van der Waals surface area contributed by atoms with Crippen molar-refractivity contribution in [1.82, 2.24) is 9.80 Å². The lowest BCUT2D eigenvalue weighted by Gasteiger charge is -2.42. The molecule has 0 aliphatic carbocycles. The molecular weight excluding hydrogens is 336 g/mol. The van der Waals surface area contributed by atoms with E-state index in [4.69, 9.17) is 11.6 Å². The summed E-state index contributed by atoms with van der Waals surface area (Å²) in [7, 11) is 0. The summed E-state index contributed by atoms with van der Waals surface area (Å²) in [5, 5.41) is 10.5. The predicted octanol–water partition coefficient (Wildman–Crippen LogP) is 4.02. The minimum Gasteiger partial charge on any atom is -0.507 e. The van der Waals surface area contributed by atoms with Crippen molar-refractivity contribution in [2.24, 2.45) is 10.8 Å². The Morgan fingerprint density at radius 3 is 2.72 bits per heavy atom. The van der Waals surface area contributed by atoms with Gasteiger partial charge in [0.1, 0.15) is 5.75 Å². The molecule has 2 aliphatic heterocycles.